The maximum absolute atomic E-state index is 16.5. The molecule has 0 bridgehead atoms. The Hall–Kier alpha value is -3.42. The van der Waals surface area contributed by atoms with E-state index in [-0.39, 0.29) is 18.0 Å². The van der Waals surface area contributed by atoms with Gasteiger partial charge in [0.2, 0.25) is 0 Å². The SMILES string of the molecule is Cc1ccc(C(NC2=N[C@](C)(c3cc(Br)ccc3F)C(F)(F)C(C)(C)OC2)(c2ccccc2)c2ccc(C)cc2)cc1. The van der Waals surface area contributed by atoms with Crippen molar-refractivity contribution in [3.05, 3.63) is 141 Å². The number of hydrogen-bond donors (Lipinski definition) is 1. The van der Waals surface area contributed by atoms with Gasteiger partial charge in [-0.25, -0.2) is 13.2 Å². The Kier molecular flexibility index (Phi) is 7.88. The Bertz CT molecular complexity index is 1560. The van der Waals surface area contributed by atoms with Crippen LogP contribution in [0.5, 0.6) is 0 Å². The van der Waals surface area contributed by atoms with Gasteiger partial charge in [-0.1, -0.05) is 106 Å². The van der Waals surface area contributed by atoms with Crippen LogP contribution in [0.15, 0.2) is 107 Å². The molecule has 3 nitrogen and oxygen atoms in total. The summed E-state index contributed by atoms with van der Waals surface area (Å²) in [5, 5.41) is 3.59. The third kappa shape index (κ3) is 5.07. The van der Waals surface area contributed by atoms with Crippen LogP contribution in [-0.4, -0.2) is 24.0 Å². The van der Waals surface area contributed by atoms with Gasteiger partial charge in [0.15, 0.2) is 5.54 Å². The highest BCUT2D eigenvalue weighted by atomic mass is 79.9. The molecule has 1 aliphatic heterocycles. The quantitative estimate of drug-likeness (QED) is 0.223. The highest BCUT2D eigenvalue weighted by Gasteiger charge is 2.64. The summed E-state index contributed by atoms with van der Waals surface area (Å²) >= 11 is 3.33. The van der Waals surface area contributed by atoms with Gasteiger partial charge in [-0.2, -0.15) is 0 Å². The predicted molar refractivity (Wildman–Crippen MR) is 166 cm³/mol. The molecule has 0 fully saturated rings. The summed E-state index contributed by atoms with van der Waals surface area (Å²) < 4.78 is 54.8. The van der Waals surface area contributed by atoms with Crippen LogP contribution in [0.4, 0.5) is 13.2 Å². The smallest absolute Gasteiger partial charge is 0.304 e. The Labute approximate surface area is 254 Å². The number of aliphatic imine (C=N–C) groups is 1. The first-order chi connectivity index (χ1) is 19.8. The van der Waals surface area contributed by atoms with Crippen LogP contribution in [0.1, 0.15) is 54.2 Å². The largest absolute Gasteiger partial charge is 0.361 e. The average molecular weight is 636 g/mol. The molecule has 0 saturated carbocycles. The molecule has 5 rings (SSSR count). The molecule has 0 saturated heterocycles. The molecule has 4 aromatic carbocycles. The van der Waals surface area contributed by atoms with Crippen molar-refractivity contribution < 1.29 is 17.9 Å². The molecule has 1 atom stereocenters. The zero-order valence-corrected chi connectivity index (χ0v) is 25.9. The minimum atomic E-state index is -3.59. The number of benzene rings is 4. The fraction of sp³-hybridized carbons (Fsp3) is 0.286. The van der Waals surface area contributed by atoms with Crippen molar-refractivity contribution in [2.24, 2.45) is 4.99 Å². The third-order valence-corrected chi connectivity index (χ3v) is 8.75. The van der Waals surface area contributed by atoms with Crippen molar-refractivity contribution >= 4 is 21.8 Å². The molecule has 1 heterocycles. The lowest BCUT2D eigenvalue weighted by atomic mass is 9.76. The Balaban J connectivity index is 1.80. The van der Waals surface area contributed by atoms with Gasteiger partial charge in [0.25, 0.3) is 0 Å². The van der Waals surface area contributed by atoms with E-state index in [1.54, 1.807) is 0 Å². The van der Waals surface area contributed by atoms with Gasteiger partial charge in [-0.05, 0) is 69.5 Å². The molecule has 0 radical (unpaired) electrons. The van der Waals surface area contributed by atoms with Crippen molar-refractivity contribution in [2.75, 3.05) is 6.61 Å². The van der Waals surface area contributed by atoms with Gasteiger partial charge in [0, 0.05) is 10.0 Å². The predicted octanol–water partition coefficient (Wildman–Crippen LogP) is 8.84. The van der Waals surface area contributed by atoms with Gasteiger partial charge in [0.05, 0.1) is 0 Å². The Morgan fingerprint density at radius 1 is 0.786 bits per heavy atom. The third-order valence-electron chi connectivity index (χ3n) is 8.26. The number of alkyl halides is 2. The minimum absolute atomic E-state index is 0.173. The second-order valence-electron chi connectivity index (χ2n) is 11.6. The number of amidine groups is 1. The number of ether oxygens (including phenoxy) is 1. The highest BCUT2D eigenvalue weighted by molar-refractivity contribution is 9.10. The number of nitrogens with zero attached hydrogens (tertiary/aromatic N) is 1. The van der Waals surface area contributed by atoms with E-state index in [0.29, 0.717) is 4.47 Å². The van der Waals surface area contributed by atoms with Crippen molar-refractivity contribution in [1.82, 2.24) is 5.32 Å². The lowest BCUT2D eigenvalue weighted by molar-refractivity contribution is -0.214. The zero-order chi connectivity index (χ0) is 30.3. The molecule has 4 aromatic rings. The van der Waals surface area contributed by atoms with Crippen LogP contribution >= 0.6 is 15.9 Å². The van der Waals surface area contributed by atoms with Gasteiger partial charge >= 0.3 is 5.92 Å². The number of halogens is 4. The average Bonchev–Trinajstić information content (AvgIpc) is 3.03. The minimum Gasteiger partial charge on any atom is -0.361 e. The van der Waals surface area contributed by atoms with Crippen molar-refractivity contribution in [1.29, 1.82) is 0 Å². The van der Waals surface area contributed by atoms with Crippen LogP contribution < -0.4 is 5.32 Å². The molecular weight excluding hydrogens is 601 g/mol. The zero-order valence-electron chi connectivity index (χ0n) is 24.3. The van der Waals surface area contributed by atoms with Crippen molar-refractivity contribution in [3.63, 3.8) is 0 Å². The van der Waals surface area contributed by atoms with E-state index >= 15 is 13.2 Å². The summed E-state index contributed by atoms with van der Waals surface area (Å²) in [6.45, 7) is 7.71. The van der Waals surface area contributed by atoms with Gasteiger partial charge in [0.1, 0.15) is 29.4 Å². The maximum Gasteiger partial charge on any atom is 0.304 e. The molecule has 0 aromatic heterocycles. The van der Waals surface area contributed by atoms with Crippen LogP contribution in [0.2, 0.25) is 0 Å². The summed E-state index contributed by atoms with van der Waals surface area (Å²) in [5.74, 6) is -4.19. The van der Waals surface area contributed by atoms with E-state index in [9.17, 15) is 0 Å². The topological polar surface area (TPSA) is 33.6 Å². The first kappa shape index (κ1) is 30.1. The standard InChI is InChI=1S/C35H34BrF3N2O/c1-23-11-15-26(16-12-23)34(25-9-7-6-8-10-25,27-17-13-24(2)14-18-27)41-31-22-42-32(3,4)35(38,39)33(5,40-31)29-21-28(36)19-20-30(29)37/h6-21H,22H2,1-5H3,(H,40,41)/t33-/m1/s1. The highest BCUT2D eigenvalue weighted by Crippen LogP contribution is 2.51. The molecule has 7 heteroatoms. The molecule has 218 valence electrons. The lowest BCUT2D eigenvalue weighted by Gasteiger charge is -2.42. The fourth-order valence-electron chi connectivity index (χ4n) is 5.69. The van der Waals surface area contributed by atoms with Gasteiger partial charge < -0.3 is 10.1 Å². The fourth-order valence-corrected chi connectivity index (χ4v) is 6.05. The summed E-state index contributed by atoms with van der Waals surface area (Å²) in [6, 6.07) is 30.0. The molecular formula is C35H34BrF3N2O. The first-order valence-corrected chi connectivity index (χ1v) is 14.6. The molecule has 0 amide bonds. The molecule has 0 spiro atoms. The van der Waals surface area contributed by atoms with E-state index < -0.39 is 28.4 Å². The lowest BCUT2D eigenvalue weighted by Crippen LogP contribution is -2.56. The number of aryl methyl sites for hydroxylation is 2. The van der Waals surface area contributed by atoms with Crippen LogP contribution in [0.3, 0.4) is 0 Å². The second kappa shape index (κ2) is 11.0. The van der Waals surface area contributed by atoms with Gasteiger partial charge in [-0.15, -0.1) is 0 Å². The molecule has 42 heavy (non-hydrogen) atoms. The Morgan fingerprint density at radius 2 is 1.31 bits per heavy atom. The first-order valence-electron chi connectivity index (χ1n) is 13.8. The monoisotopic (exact) mass is 634 g/mol. The molecule has 0 aliphatic carbocycles. The van der Waals surface area contributed by atoms with Crippen LogP contribution in [0.25, 0.3) is 0 Å². The van der Waals surface area contributed by atoms with Crippen LogP contribution in [0, 0.1) is 19.7 Å². The summed E-state index contributed by atoms with van der Waals surface area (Å²) in [4.78, 5) is 4.69. The Morgan fingerprint density at radius 3 is 1.86 bits per heavy atom. The molecule has 0 unspecified atom stereocenters. The summed E-state index contributed by atoms with van der Waals surface area (Å²) in [5.41, 5.74) is -0.711. The van der Waals surface area contributed by atoms with Crippen molar-refractivity contribution in [2.45, 2.75) is 57.2 Å². The second-order valence-corrected chi connectivity index (χ2v) is 12.5. The molecule has 1 aliphatic rings. The number of hydrogen-bond acceptors (Lipinski definition) is 3. The van der Waals surface area contributed by atoms with E-state index in [4.69, 9.17) is 9.73 Å². The van der Waals surface area contributed by atoms with E-state index in [1.165, 1.54) is 39.0 Å². The maximum atomic E-state index is 16.5. The number of rotatable bonds is 5. The van der Waals surface area contributed by atoms with Gasteiger partial charge in [-0.3, -0.25) is 4.99 Å². The normalized spacial score (nSPS) is 20.0. The summed E-state index contributed by atoms with van der Waals surface area (Å²) in [6.07, 6.45) is 0. The molecule has 1 N–H and O–H groups in total. The number of nitrogens with one attached hydrogen (secondary N) is 1. The van der Waals surface area contributed by atoms with E-state index in [1.807, 2.05) is 92.7 Å². The van der Waals surface area contributed by atoms with Crippen molar-refractivity contribution in [3.8, 4) is 0 Å². The van der Waals surface area contributed by atoms with E-state index in [0.717, 1.165) is 27.8 Å². The van der Waals surface area contributed by atoms with Crippen LogP contribution in [-0.2, 0) is 15.8 Å². The summed E-state index contributed by atoms with van der Waals surface area (Å²) in [7, 11) is 0. The van der Waals surface area contributed by atoms with E-state index in [2.05, 4.69) is 21.2 Å².